The summed E-state index contributed by atoms with van der Waals surface area (Å²) >= 11 is 0. The molecule has 0 aliphatic carbocycles. The molecule has 5 N–H and O–H groups in total. The molecule has 0 unspecified atom stereocenters. The Labute approximate surface area is 93.0 Å². The summed E-state index contributed by atoms with van der Waals surface area (Å²) in [5.74, 6) is 0.284. The quantitative estimate of drug-likeness (QED) is 0.353. The number of hydrogen-bond donors (Lipinski definition) is 4. The SMILES string of the molecule is Nc1cc(Nc2ccc(O)cc2)ccc1O. The number of phenolic OH excluding ortho intramolecular Hbond substituents is 2. The lowest BCUT2D eigenvalue weighted by atomic mass is 10.2. The average Bonchev–Trinajstić information content (AvgIpc) is 2.27. The van der Waals surface area contributed by atoms with Crippen LogP contribution >= 0.6 is 0 Å². The average molecular weight is 216 g/mol. The van der Waals surface area contributed by atoms with Crippen LogP contribution in [0.4, 0.5) is 17.1 Å². The van der Waals surface area contributed by atoms with Crippen molar-refractivity contribution in [3.05, 3.63) is 42.5 Å². The summed E-state index contributed by atoms with van der Waals surface area (Å²) in [6.07, 6.45) is 0. The number of nitrogens with one attached hydrogen (secondary N) is 1. The minimum absolute atomic E-state index is 0.0660. The zero-order valence-electron chi connectivity index (χ0n) is 8.51. The Morgan fingerprint density at radius 3 is 2.12 bits per heavy atom. The van der Waals surface area contributed by atoms with Crippen LogP contribution in [0.2, 0.25) is 0 Å². The molecule has 0 saturated heterocycles. The molecule has 0 aliphatic heterocycles. The summed E-state index contributed by atoms with van der Waals surface area (Å²) in [7, 11) is 0. The molecule has 0 aliphatic rings. The van der Waals surface area contributed by atoms with E-state index in [0.29, 0.717) is 5.69 Å². The van der Waals surface area contributed by atoms with Gasteiger partial charge in [-0.3, -0.25) is 0 Å². The highest BCUT2D eigenvalue weighted by molar-refractivity contribution is 5.67. The molecule has 16 heavy (non-hydrogen) atoms. The van der Waals surface area contributed by atoms with Crippen LogP contribution in [0.5, 0.6) is 11.5 Å². The molecule has 4 heteroatoms. The van der Waals surface area contributed by atoms with Crippen LogP contribution in [-0.2, 0) is 0 Å². The standard InChI is InChI=1S/C12H12N2O2/c13-11-7-9(3-6-12(11)16)14-8-1-4-10(15)5-2-8/h1-7,14-16H,13H2. The summed E-state index contributed by atoms with van der Waals surface area (Å²) in [4.78, 5) is 0. The first-order valence-electron chi connectivity index (χ1n) is 4.80. The topological polar surface area (TPSA) is 78.5 Å². The second-order valence-electron chi connectivity index (χ2n) is 3.45. The fourth-order valence-electron chi connectivity index (χ4n) is 1.34. The number of hydrogen-bond acceptors (Lipinski definition) is 4. The lowest BCUT2D eigenvalue weighted by Crippen LogP contribution is -1.92. The van der Waals surface area contributed by atoms with Crippen molar-refractivity contribution in [3.63, 3.8) is 0 Å². The van der Waals surface area contributed by atoms with Crippen LogP contribution in [-0.4, -0.2) is 10.2 Å². The van der Waals surface area contributed by atoms with E-state index in [4.69, 9.17) is 10.8 Å². The third-order valence-electron chi connectivity index (χ3n) is 2.18. The number of anilines is 3. The number of phenols is 2. The van der Waals surface area contributed by atoms with Gasteiger partial charge in [0.15, 0.2) is 0 Å². The van der Waals surface area contributed by atoms with Gasteiger partial charge >= 0.3 is 0 Å². The van der Waals surface area contributed by atoms with E-state index >= 15 is 0 Å². The Bertz CT molecular complexity index is 495. The van der Waals surface area contributed by atoms with E-state index in [1.54, 1.807) is 36.4 Å². The van der Waals surface area contributed by atoms with Gasteiger partial charge in [0.05, 0.1) is 5.69 Å². The zero-order chi connectivity index (χ0) is 11.5. The van der Waals surface area contributed by atoms with Crippen molar-refractivity contribution >= 4 is 17.1 Å². The summed E-state index contributed by atoms with van der Waals surface area (Å²) in [6.45, 7) is 0. The third-order valence-corrected chi connectivity index (χ3v) is 2.18. The summed E-state index contributed by atoms with van der Waals surface area (Å²) in [5.41, 5.74) is 7.51. The molecule has 0 spiro atoms. The molecule has 0 aromatic heterocycles. The maximum absolute atomic E-state index is 9.26. The first kappa shape index (κ1) is 10.2. The number of nitrogens with two attached hydrogens (primary N) is 1. The Kier molecular flexibility index (Phi) is 2.55. The van der Waals surface area contributed by atoms with Crippen LogP contribution in [0.25, 0.3) is 0 Å². The maximum Gasteiger partial charge on any atom is 0.138 e. The van der Waals surface area contributed by atoms with E-state index in [1.165, 1.54) is 6.07 Å². The van der Waals surface area contributed by atoms with Gasteiger partial charge in [0.1, 0.15) is 11.5 Å². The highest BCUT2D eigenvalue weighted by atomic mass is 16.3. The van der Waals surface area contributed by atoms with E-state index in [2.05, 4.69) is 5.32 Å². The highest BCUT2D eigenvalue weighted by Crippen LogP contribution is 2.26. The van der Waals surface area contributed by atoms with Gasteiger partial charge in [0, 0.05) is 11.4 Å². The number of aromatic hydroxyl groups is 2. The van der Waals surface area contributed by atoms with E-state index in [9.17, 15) is 5.11 Å². The number of rotatable bonds is 2. The van der Waals surface area contributed by atoms with Gasteiger partial charge < -0.3 is 21.3 Å². The number of nitrogen functional groups attached to an aromatic ring is 1. The fourth-order valence-corrected chi connectivity index (χ4v) is 1.34. The minimum Gasteiger partial charge on any atom is -0.508 e. The van der Waals surface area contributed by atoms with Gasteiger partial charge in [-0.1, -0.05) is 0 Å². The highest BCUT2D eigenvalue weighted by Gasteiger charge is 1.99. The lowest BCUT2D eigenvalue weighted by Gasteiger charge is -2.07. The largest absolute Gasteiger partial charge is 0.508 e. The van der Waals surface area contributed by atoms with Crippen LogP contribution in [0.1, 0.15) is 0 Å². The van der Waals surface area contributed by atoms with E-state index in [0.717, 1.165) is 11.4 Å². The first-order valence-corrected chi connectivity index (χ1v) is 4.80. The molecule has 0 heterocycles. The van der Waals surface area contributed by atoms with E-state index in [1.807, 2.05) is 0 Å². The van der Waals surface area contributed by atoms with Crippen LogP contribution in [0.15, 0.2) is 42.5 Å². The molecule has 82 valence electrons. The molecule has 4 nitrogen and oxygen atoms in total. The van der Waals surface area contributed by atoms with Gasteiger partial charge in [-0.15, -0.1) is 0 Å². The summed E-state index contributed by atoms with van der Waals surface area (Å²) in [6, 6.07) is 11.6. The van der Waals surface area contributed by atoms with Crippen molar-refractivity contribution < 1.29 is 10.2 Å². The summed E-state index contributed by atoms with van der Waals surface area (Å²) < 4.78 is 0. The van der Waals surface area contributed by atoms with Gasteiger partial charge in [-0.25, -0.2) is 0 Å². The molecule has 2 aromatic carbocycles. The molecule has 0 fully saturated rings. The Hall–Kier alpha value is -2.36. The molecule has 0 atom stereocenters. The molecular weight excluding hydrogens is 204 g/mol. The van der Waals surface area contributed by atoms with E-state index < -0.39 is 0 Å². The maximum atomic E-state index is 9.26. The molecule has 2 aromatic rings. The Morgan fingerprint density at radius 2 is 1.50 bits per heavy atom. The predicted molar refractivity (Wildman–Crippen MR) is 63.9 cm³/mol. The molecule has 0 saturated carbocycles. The second kappa shape index (κ2) is 4.02. The van der Waals surface area contributed by atoms with Crippen molar-refractivity contribution in [2.75, 3.05) is 11.1 Å². The molecule has 2 rings (SSSR count). The van der Waals surface area contributed by atoms with Crippen LogP contribution < -0.4 is 11.1 Å². The van der Waals surface area contributed by atoms with Crippen molar-refractivity contribution in [1.29, 1.82) is 0 Å². The number of benzene rings is 2. The smallest absolute Gasteiger partial charge is 0.138 e. The van der Waals surface area contributed by atoms with Gasteiger partial charge in [0.2, 0.25) is 0 Å². The van der Waals surface area contributed by atoms with Crippen LogP contribution in [0.3, 0.4) is 0 Å². The normalized spacial score (nSPS) is 10.0. The molecule has 0 radical (unpaired) electrons. The molecule has 0 bridgehead atoms. The molecular formula is C12H12N2O2. The van der Waals surface area contributed by atoms with Crippen molar-refractivity contribution in [2.45, 2.75) is 0 Å². The van der Waals surface area contributed by atoms with Gasteiger partial charge in [-0.2, -0.15) is 0 Å². The van der Waals surface area contributed by atoms with Crippen molar-refractivity contribution in [1.82, 2.24) is 0 Å². The Balaban J connectivity index is 2.20. The van der Waals surface area contributed by atoms with Gasteiger partial charge in [-0.05, 0) is 42.5 Å². The Morgan fingerprint density at radius 1 is 0.875 bits per heavy atom. The minimum atomic E-state index is 0.0660. The first-order chi connectivity index (χ1) is 7.65. The van der Waals surface area contributed by atoms with Gasteiger partial charge in [0.25, 0.3) is 0 Å². The second-order valence-corrected chi connectivity index (χ2v) is 3.45. The zero-order valence-corrected chi connectivity index (χ0v) is 8.51. The lowest BCUT2D eigenvalue weighted by molar-refractivity contribution is 0.475. The predicted octanol–water partition coefficient (Wildman–Crippen LogP) is 2.42. The molecule has 0 amide bonds. The van der Waals surface area contributed by atoms with E-state index in [-0.39, 0.29) is 11.5 Å². The monoisotopic (exact) mass is 216 g/mol. The summed E-state index contributed by atoms with van der Waals surface area (Å²) in [5, 5.41) is 21.5. The van der Waals surface area contributed by atoms with Crippen molar-refractivity contribution in [3.8, 4) is 11.5 Å². The van der Waals surface area contributed by atoms with Crippen LogP contribution in [0, 0.1) is 0 Å². The van der Waals surface area contributed by atoms with Crippen molar-refractivity contribution in [2.24, 2.45) is 0 Å². The third kappa shape index (κ3) is 2.17. The fraction of sp³-hybridized carbons (Fsp3) is 0.